The number of hydrogen-bond donors (Lipinski definition) is 2. The number of benzene rings is 2. The van der Waals surface area contributed by atoms with Gasteiger partial charge < -0.3 is 19.8 Å². The van der Waals surface area contributed by atoms with Crippen LogP contribution in [-0.2, 0) is 9.59 Å². The number of carbonyl (C=O) groups is 3. The van der Waals surface area contributed by atoms with Crippen LogP contribution in [-0.4, -0.2) is 52.2 Å². The largest absolute Gasteiger partial charge is 0.481 e. The van der Waals surface area contributed by atoms with Crippen LogP contribution in [0.25, 0.3) is 0 Å². The average Bonchev–Trinajstić information content (AvgIpc) is 2.73. The minimum absolute atomic E-state index is 0.000234. The smallest absolute Gasteiger partial charge is 0.415 e. The summed E-state index contributed by atoms with van der Waals surface area (Å²) in [5.74, 6) is -3.33. The number of nitrogens with zero attached hydrogens (tertiary/aromatic N) is 1. The molecule has 158 valence electrons. The lowest BCUT2D eigenvalue weighted by atomic mass is 9.76. The molecule has 0 bridgehead atoms. The van der Waals surface area contributed by atoms with Crippen molar-refractivity contribution in [2.45, 2.75) is 24.9 Å². The molecule has 0 spiro atoms. The quantitative estimate of drug-likeness (QED) is 0.703. The highest BCUT2D eigenvalue weighted by atomic mass is 19.1. The molecule has 0 aliphatic carbocycles. The van der Waals surface area contributed by atoms with Gasteiger partial charge in [0.2, 0.25) is 0 Å². The minimum atomic E-state index is -1.58. The molecular weight excluding hydrogens is 393 g/mol. The summed E-state index contributed by atoms with van der Waals surface area (Å²) in [7, 11) is 0. The van der Waals surface area contributed by atoms with Gasteiger partial charge in [0, 0.05) is 19.0 Å². The molecule has 3 atom stereocenters. The number of rotatable bonds is 6. The molecule has 1 aliphatic heterocycles. The number of likely N-dealkylation sites (tertiary alicyclic amines) is 1. The number of hydrogen-bond acceptors (Lipinski definition) is 5. The number of Topliss-reactive ketones (excluding diaryl/α,β-unsaturated/α-hetero) is 1. The van der Waals surface area contributed by atoms with E-state index in [4.69, 9.17) is 9.84 Å². The number of ether oxygens (including phenoxy) is 1. The second-order valence-corrected chi connectivity index (χ2v) is 7.22. The number of carboxylic acid groups (broad SMARTS) is 1. The Kier molecular flexibility index (Phi) is 6.79. The van der Waals surface area contributed by atoms with Crippen molar-refractivity contribution in [2.75, 3.05) is 13.1 Å². The summed E-state index contributed by atoms with van der Waals surface area (Å²) < 4.78 is 18.7. The monoisotopic (exact) mass is 415 g/mol. The second-order valence-electron chi connectivity index (χ2n) is 7.22. The Morgan fingerprint density at radius 2 is 1.77 bits per heavy atom. The third-order valence-corrected chi connectivity index (χ3v) is 5.22. The van der Waals surface area contributed by atoms with Crippen LogP contribution in [0.5, 0.6) is 5.75 Å². The van der Waals surface area contributed by atoms with Crippen molar-refractivity contribution in [3.05, 3.63) is 66.0 Å². The van der Waals surface area contributed by atoms with Crippen molar-refractivity contribution < 1.29 is 33.7 Å². The predicted octanol–water partition coefficient (Wildman–Crippen LogP) is 2.83. The Bertz CT molecular complexity index is 902. The molecule has 2 aromatic rings. The fraction of sp³-hybridized carbons (Fsp3) is 0.318. The number of ketones is 1. The summed E-state index contributed by atoms with van der Waals surface area (Å²) in [5.41, 5.74) is 0.708. The maximum Gasteiger partial charge on any atom is 0.415 e. The van der Waals surface area contributed by atoms with Gasteiger partial charge in [0.25, 0.3) is 0 Å². The third kappa shape index (κ3) is 5.21. The van der Waals surface area contributed by atoms with Gasteiger partial charge in [-0.2, -0.15) is 0 Å². The molecule has 1 heterocycles. The maximum atomic E-state index is 13.3. The molecule has 1 saturated heterocycles. The molecule has 7 nitrogen and oxygen atoms in total. The maximum absolute atomic E-state index is 13.3. The van der Waals surface area contributed by atoms with E-state index in [2.05, 4.69) is 0 Å². The van der Waals surface area contributed by atoms with Crippen LogP contribution in [0.1, 0.15) is 24.3 Å². The lowest BCUT2D eigenvalue weighted by Crippen LogP contribution is -2.49. The molecule has 1 unspecified atom stereocenters. The Hall–Kier alpha value is -3.26. The molecule has 2 N–H and O–H groups in total. The first-order chi connectivity index (χ1) is 14.3. The van der Waals surface area contributed by atoms with Crippen molar-refractivity contribution in [1.29, 1.82) is 0 Å². The van der Waals surface area contributed by atoms with E-state index in [1.54, 1.807) is 42.5 Å². The molecule has 2 aromatic carbocycles. The number of aliphatic carboxylic acids is 1. The first-order valence-electron chi connectivity index (χ1n) is 9.55. The van der Waals surface area contributed by atoms with Crippen LogP contribution in [0.3, 0.4) is 0 Å². The van der Waals surface area contributed by atoms with E-state index in [0.29, 0.717) is 24.3 Å². The molecule has 30 heavy (non-hydrogen) atoms. The van der Waals surface area contributed by atoms with Crippen molar-refractivity contribution in [3.8, 4) is 5.75 Å². The predicted molar refractivity (Wildman–Crippen MR) is 105 cm³/mol. The SMILES string of the molecule is O=C(O)CC(=O)C(O)[C@@H]1CN(C(=O)Oc2ccccc2)CC[C@H]1c1ccc(F)cc1. The molecule has 0 saturated carbocycles. The van der Waals surface area contributed by atoms with Crippen LogP contribution >= 0.6 is 0 Å². The summed E-state index contributed by atoms with van der Waals surface area (Å²) in [4.78, 5) is 37.1. The minimum Gasteiger partial charge on any atom is -0.481 e. The Morgan fingerprint density at radius 1 is 1.10 bits per heavy atom. The summed E-state index contributed by atoms with van der Waals surface area (Å²) in [6.07, 6.45) is -2.62. The normalized spacial score (nSPS) is 19.7. The van der Waals surface area contributed by atoms with Gasteiger partial charge in [-0.1, -0.05) is 30.3 Å². The molecule has 1 aliphatic rings. The molecule has 1 amide bonds. The zero-order chi connectivity index (χ0) is 21.7. The zero-order valence-electron chi connectivity index (χ0n) is 16.1. The van der Waals surface area contributed by atoms with Crippen molar-refractivity contribution >= 4 is 17.8 Å². The number of carbonyl (C=O) groups excluding carboxylic acids is 2. The van der Waals surface area contributed by atoms with Gasteiger partial charge in [0.05, 0.1) is 0 Å². The van der Waals surface area contributed by atoms with Gasteiger partial charge in [-0.15, -0.1) is 0 Å². The van der Waals surface area contributed by atoms with Gasteiger partial charge in [0.1, 0.15) is 24.1 Å². The van der Waals surface area contributed by atoms with Crippen molar-refractivity contribution in [2.24, 2.45) is 5.92 Å². The van der Waals surface area contributed by atoms with E-state index in [9.17, 15) is 23.9 Å². The number of aliphatic hydroxyl groups excluding tert-OH is 1. The van der Waals surface area contributed by atoms with Gasteiger partial charge >= 0.3 is 12.1 Å². The summed E-state index contributed by atoms with van der Waals surface area (Å²) >= 11 is 0. The van der Waals surface area contributed by atoms with Crippen LogP contribution in [0.4, 0.5) is 9.18 Å². The number of piperidine rings is 1. The van der Waals surface area contributed by atoms with Gasteiger partial charge in [-0.25, -0.2) is 9.18 Å². The molecule has 8 heteroatoms. The third-order valence-electron chi connectivity index (χ3n) is 5.22. The van der Waals surface area contributed by atoms with Crippen molar-refractivity contribution in [3.63, 3.8) is 0 Å². The summed E-state index contributed by atoms with van der Waals surface area (Å²) in [5, 5.41) is 19.5. The number of halogens is 1. The Morgan fingerprint density at radius 3 is 2.40 bits per heavy atom. The topological polar surface area (TPSA) is 104 Å². The van der Waals surface area contributed by atoms with E-state index in [-0.39, 0.29) is 12.5 Å². The van der Waals surface area contributed by atoms with Gasteiger partial charge in [-0.3, -0.25) is 9.59 Å². The van der Waals surface area contributed by atoms with E-state index in [1.165, 1.54) is 17.0 Å². The van der Waals surface area contributed by atoms with Gasteiger partial charge in [0.15, 0.2) is 5.78 Å². The fourth-order valence-electron chi connectivity index (χ4n) is 3.74. The number of amides is 1. The number of aliphatic hydroxyl groups is 1. The fourth-order valence-corrected chi connectivity index (χ4v) is 3.74. The molecule has 3 rings (SSSR count). The van der Waals surface area contributed by atoms with E-state index in [1.807, 2.05) is 0 Å². The molecule has 1 fully saturated rings. The lowest BCUT2D eigenvalue weighted by molar-refractivity contribution is -0.144. The van der Waals surface area contributed by atoms with E-state index < -0.39 is 42.1 Å². The summed E-state index contributed by atoms with van der Waals surface area (Å²) in [6, 6.07) is 14.2. The van der Waals surface area contributed by atoms with E-state index >= 15 is 0 Å². The average molecular weight is 415 g/mol. The molecular formula is C22H22FNO6. The van der Waals surface area contributed by atoms with E-state index in [0.717, 1.165) is 0 Å². The van der Waals surface area contributed by atoms with Crippen molar-refractivity contribution in [1.82, 2.24) is 4.90 Å². The first kappa shape index (κ1) is 21.4. The van der Waals surface area contributed by atoms with Crippen LogP contribution < -0.4 is 4.74 Å². The molecule has 0 aromatic heterocycles. The zero-order valence-corrected chi connectivity index (χ0v) is 16.1. The lowest BCUT2D eigenvalue weighted by Gasteiger charge is -2.40. The molecule has 0 radical (unpaired) electrons. The number of para-hydroxylation sites is 1. The Labute approximate surface area is 172 Å². The Balaban J connectivity index is 1.80. The van der Waals surface area contributed by atoms with Gasteiger partial charge in [-0.05, 0) is 42.2 Å². The van der Waals surface area contributed by atoms with Crippen LogP contribution in [0, 0.1) is 11.7 Å². The highest BCUT2D eigenvalue weighted by Gasteiger charge is 2.40. The highest BCUT2D eigenvalue weighted by Crippen LogP contribution is 2.36. The number of carboxylic acids is 1. The second kappa shape index (κ2) is 9.49. The van der Waals surface area contributed by atoms with Crippen LogP contribution in [0.2, 0.25) is 0 Å². The highest BCUT2D eigenvalue weighted by molar-refractivity contribution is 5.97. The standard InChI is InChI=1S/C22H22FNO6/c23-15-8-6-14(7-9-15)17-10-11-24(22(29)30-16-4-2-1-3-5-16)13-18(17)21(28)19(25)12-20(26)27/h1-9,17-18,21,28H,10-13H2,(H,26,27)/t17-,18+,21?/m0/s1. The summed E-state index contributed by atoms with van der Waals surface area (Å²) in [6.45, 7) is 0.310. The first-order valence-corrected chi connectivity index (χ1v) is 9.55. The van der Waals surface area contributed by atoms with Crippen LogP contribution in [0.15, 0.2) is 54.6 Å².